The van der Waals surface area contributed by atoms with Crippen LogP contribution in [0.15, 0.2) is 22.7 Å². The van der Waals surface area contributed by atoms with Gasteiger partial charge in [-0.15, -0.1) is 0 Å². The van der Waals surface area contributed by atoms with E-state index in [4.69, 9.17) is 0 Å². The van der Waals surface area contributed by atoms with Gasteiger partial charge in [-0.1, -0.05) is 12.1 Å². The molecule has 3 rings (SSSR count). The monoisotopic (exact) mass is 223 g/mol. The number of benzene rings is 1. The fraction of sp³-hybridized carbons (Fsp3) is 0.400. The molecule has 0 amide bonds. The quantitative estimate of drug-likeness (QED) is 0.714. The molecule has 0 spiro atoms. The Hall–Kier alpha value is -0.500. The predicted octanol–water partition coefficient (Wildman–Crippen LogP) is 2.98. The molecule has 1 aliphatic heterocycles. The normalized spacial score (nSPS) is 30.1. The first kappa shape index (κ1) is 6.96. The Morgan fingerprint density at radius 1 is 1.42 bits per heavy atom. The van der Waals surface area contributed by atoms with Crippen LogP contribution in [0.1, 0.15) is 17.9 Å². The summed E-state index contributed by atoms with van der Waals surface area (Å²) < 4.78 is 1.21. The average molecular weight is 224 g/mol. The fourth-order valence-electron chi connectivity index (χ4n) is 2.12. The van der Waals surface area contributed by atoms with Crippen LogP contribution in [0.4, 0.5) is 5.69 Å². The summed E-state index contributed by atoms with van der Waals surface area (Å²) in [5.74, 6) is 1.78. The van der Waals surface area contributed by atoms with E-state index >= 15 is 0 Å². The van der Waals surface area contributed by atoms with E-state index in [0.717, 1.165) is 11.8 Å². The molecule has 0 radical (unpaired) electrons. The molecule has 2 heteroatoms. The molecule has 1 heterocycles. The Bertz CT molecular complexity index is 335. The van der Waals surface area contributed by atoms with Crippen molar-refractivity contribution in [3.8, 4) is 0 Å². The molecule has 0 unspecified atom stereocenters. The molecule has 1 aromatic carbocycles. The van der Waals surface area contributed by atoms with Crippen LogP contribution in [0.2, 0.25) is 0 Å². The minimum absolute atomic E-state index is 0.860. The van der Waals surface area contributed by atoms with Gasteiger partial charge >= 0.3 is 0 Å². The van der Waals surface area contributed by atoms with Crippen LogP contribution in [0.3, 0.4) is 0 Å². The second-order valence-corrected chi connectivity index (χ2v) is 4.54. The van der Waals surface area contributed by atoms with Crippen molar-refractivity contribution in [3.05, 3.63) is 28.2 Å². The van der Waals surface area contributed by atoms with Gasteiger partial charge in [0.2, 0.25) is 0 Å². The summed E-state index contributed by atoms with van der Waals surface area (Å²) in [7, 11) is 0. The minimum atomic E-state index is 0.860. The van der Waals surface area contributed by atoms with Crippen LogP contribution < -0.4 is 5.32 Å². The summed E-state index contributed by atoms with van der Waals surface area (Å²) in [6, 6.07) is 6.48. The zero-order chi connectivity index (χ0) is 8.13. The van der Waals surface area contributed by atoms with Gasteiger partial charge in [-0.3, -0.25) is 0 Å². The summed E-state index contributed by atoms with van der Waals surface area (Å²) >= 11 is 3.57. The van der Waals surface area contributed by atoms with Crippen LogP contribution in [-0.4, -0.2) is 6.54 Å². The second-order valence-electron chi connectivity index (χ2n) is 3.69. The van der Waals surface area contributed by atoms with E-state index in [0.29, 0.717) is 0 Å². The van der Waals surface area contributed by atoms with Crippen LogP contribution >= 0.6 is 15.9 Å². The van der Waals surface area contributed by atoms with E-state index in [1.807, 2.05) is 0 Å². The third kappa shape index (κ3) is 0.845. The molecule has 12 heavy (non-hydrogen) atoms. The van der Waals surface area contributed by atoms with Crippen LogP contribution in [-0.2, 0) is 0 Å². The molecule has 0 saturated heterocycles. The largest absolute Gasteiger partial charge is 0.384 e. The van der Waals surface area contributed by atoms with Gasteiger partial charge in [0.1, 0.15) is 0 Å². The van der Waals surface area contributed by atoms with E-state index in [1.165, 1.54) is 28.7 Å². The first-order valence-electron chi connectivity index (χ1n) is 4.38. The standard InChI is InChI=1S/C10H10BrN/c11-9-3-1-2-7-8-4-6(8)5-12-10(7)9/h1-3,6,8,12H,4-5H2/t6-,8+/m1/s1. The second kappa shape index (κ2) is 2.25. The number of hydrogen-bond acceptors (Lipinski definition) is 1. The average Bonchev–Trinajstić information content (AvgIpc) is 2.83. The SMILES string of the molecule is Brc1cccc2c1NC[C@H]1C[C@H]21. The lowest BCUT2D eigenvalue weighted by Gasteiger charge is -2.18. The van der Waals surface area contributed by atoms with Crippen molar-refractivity contribution in [3.63, 3.8) is 0 Å². The third-order valence-corrected chi connectivity index (χ3v) is 3.57. The van der Waals surface area contributed by atoms with E-state index in [1.54, 1.807) is 0 Å². The first-order chi connectivity index (χ1) is 5.86. The molecule has 62 valence electrons. The van der Waals surface area contributed by atoms with Gasteiger partial charge in [0, 0.05) is 11.0 Å². The van der Waals surface area contributed by atoms with Crippen molar-refractivity contribution in [1.82, 2.24) is 0 Å². The van der Waals surface area contributed by atoms with Gasteiger partial charge in [-0.05, 0) is 45.8 Å². The number of rotatable bonds is 0. The van der Waals surface area contributed by atoms with Crippen LogP contribution in [0, 0.1) is 5.92 Å². The zero-order valence-electron chi connectivity index (χ0n) is 6.68. The van der Waals surface area contributed by atoms with Crippen molar-refractivity contribution in [2.75, 3.05) is 11.9 Å². The molecular formula is C10H10BrN. The van der Waals surface area contributed by atoms with Crippen LogP contribution in [0.25, 0.3) is 0 Å². The maximum Gasteiger partial charge on any atom is 0.0520 e. The molecule has 0 aromatic heterocycles. The lowest BCUT2D eigenvalue weighted by atomic mass is 10.0. The molecule has 1 saturated carbocycles. The topological polar surface area (TPSA) is 12.0 Å². The number of para-hydroxylation sites is 1. The summed E-state index contributed by atoms with van der Waals surface area (Å²) in [5.41, 5.74) is 2.84. The molecule has 1 aliphatic carbocycles. The smallest absolute Gasteiger partial charge is 0.0520 e. The van der Waals surface area contributed by atoms with Gasteiger partial charge < -0.3 is 5.32 Å². The van der Waals surface area contributed by atoms with Crippen molar-refractivity contribution in [2.45, 2.75) is 12.3 Å². The molecule has 2 atom stereocenters. The number of fused-ring (bicyclic) bond motifs is 3. The van der Waals surface area contributed by atoms with E-state index in [9.17, 15) is 0 Å². The summed E-state index contributed by atoms with van der Waals surface area (Å²) in [4.78, 5) is 0. The van der Waals surface area contributed by atoms with Gasteiger partial charge in [-0.2, -0.15) is 0 Å². The summed E-state index contributed by atoms with van der Waals surface area (Å²) in [6.45, 7) is 1.17. The molecule has 0 bridgehead atoms. The number of hydrogen-bond donors (Lipinski definition) is 1. The van der Waals surface area contributed by atoms with E-state index in [-0.39, 0.29) is 0 Å². The first-order valence-corrected chi connectivity index (χ1v) is 5.18. The Morgan fingerprint density at radius 3 is 3.25 bits per heavy atom. The lowest BCUT2D eigenvalue weighted by molar-refractivity contribution is 0.815. The number of anilines is 1. The van der Waals surface area contributed by atoms with Crippen LogP contribution in [0.5, 0.6) is 0 Å². The van der Waals surface area contributed by atoms with Crippen molar-refractivity contribution >= 4 is 21.6 Å². The molecule has 2 aliphatic rings. The Balaban J connectivity index is 2.18. The third-order valence-electron chi connectivity index (χ3n) is 2.91. The van der Waals surface area contributed by atoms with Crippen molar-refractivity contribution < 1.29 is 0 Å². The zero-order valence-corrected chi connectivity index (χ0v) is 8.26. The highest BCUT2D eigenvalue weighted by Gasteiger charge is 2.42. The highest BCUT2D eigenvalue weighted by molar-refractivity contribution is 9.10. The molecule has 1 aromatic rings. The fourth-order valence-corrected chi connectivity index (χ4v) is 2.65. The number of nitrogens with one attached hydrogen (secondary N) is 1. The molecule has 1 N–H and O–H groups in total. The van der Waals surface area contributed by atoms with Gasteiger partial charge in [-0.25, -0.2) is 0 Å². The molecule has 1 nitrogen and oxygen atoms in total. The Labute approximate surface area is 80.3 Å². The van der Waals surface area contributed by atoms with E-state index in [2.05, 4.69) is 39.4 Å². The number of halogens is 1. The van der Waals surface area contributed by atoms with Gasteiger partial charge in [0.05, 0.1) is 5.69 Å². The Morgan fingerprint density at radius 2 is 2.33 bits per heavy atom. The minimum Gasteiger partial charge on any atom is -0.384 e. The Kier molecular flexibility index (Phi) is 1.31. The highest BCUT2D eigenvalue weighted by Crippen LogP contribution is 2.53. The van der Waals surface area contributed by atoms with Gasteiger partial charge in [0.15, 0.2) is 0 Å². The summed E-state index contributed by atoms with van der Waals surface area (Å²) in [5, 5.41) is 3.48. The van der Waals surface area contributed by atoms with Crippen molar-refractivity contribution in [2.24, 2.45) is 5.92 Å². The molecular weight excluding hydrogens is 214 g/mol. The maximum absolute atomic E-state index is 3.57. The van der Waals surface area contributed by atoms with E-state index < -0.39 is 0 Å². The summed E-state index contributed by atoms with van der Waals surface area (Å²) in [6.07, 6.45) is 1.39. The molecule has 1 fully saturated rings. The predicted molar refractivity (Wildman–Crippen MR) is 53.5 cm³/mol. The lowest BCUT2D eigenvalue weighted by Crippen LogP contribution is -2.11. The van der Waals surface area contributed by atoms with Gasteiger partial charge in [0.25, 0.3) is 0 Å². The highest BCUT2D eigenvalue weighted by atomic mass is 79.9. The van der Waals surface area contributed by atoms with Crippen molar-refractivity contribution in [1.29, 1.82) is 0 Å². The maximum atomic E-state index is 3.57.